The molecule has 1 fully saturated rings. The largest absolute Gasteiger partial charge is 0.481 e. The molecule has 0 spiro atoms. The maximum atomic E-state index is 11.2. The van der Waals surface area contributed by atoms with Gasteiger partial charge in [-0.2, -0.15) is 0 Å². The Balaban J connectivity index is 2.59. The first-order valence-electron chi connectivity index (χ1n) is 4.10. The van der Waals surface area contributed by atoms with E-state index in [0.717, 1.165) is 0 Å². The van der Waals surface area contributed by atoms with Crippen molar-refractivity contribution in [2.75, 3.05) is 6.54 Å². The molecule has 0 aliphatic carbocycles. The van der Waals surface area contributed by atoms with E-state index in [1.807, 2.05) is 0 Å². The summed E-state index contributed by atoms with van der Waals surface area (Å²) in [7, 11) is 0. The molecule has 4 heteroatoms. The normalized spacial score (nSPS) is 21.6. The molecule has 1 N–H and O–H groups in total. The number of hydrogen-bond acceptors (Lipinski definition) is 2. The number of nitrogens with zero attached hydrogens (tertiary/aromatic N) is 1. The lowest BCUT2D eigenvalue weighted by molar-refractivity contribution is -0.138. The molecule has 1 saturated heterocycles. The summed E-state index contributed by atoms with van der Waals surface area (Å²) >= 11 is 0. The van der Waals surface area contributed by atoms with Crippen LogP contribution in [0.1, 0.15) is 19.3 Å². The molecule has 1 aliphatic heterocycles. The van der Waals surface area contributed by atoms with E-state index in [2.05, 4.69) is 5.92 Å². The van der Waals surface area contributed by atoms with Crippen LogP contribution in [0.4, 0.5) is 0 Å². The molecule has 1 amide bonds. The number of carboxylic acids is 1. The van der Waals surface area contributed by atoms with Crippen LogP contribution in [0.5, 0.6) is 0 Å². The first-order valence-corrected chi connectivity index (χ1v) is 4.10. The van der Waals surface area contributed by atoms with Crippen LogP contribution in [-0.4, -0.2) is 34.5 Å². The van der Waals surface area contributed by atoms with Crippen LogP contribution < -0.4 is 0 Å². The average molecular weight is 181 g/mol. The SMILES string of the molecule is C#CCN1C(=O)CCC1CC(=O)O. The van der Waals surface area contributed by atoms with Gasteiger partial charge >= 0.3 is 5.97 Å². The van der Waals surface area contributed by atoms with Crippen LogP contribution in [0.3, 0.4) is 0 Å². The summed E-state index contributed by atoms with van der Waals surface area (Å²) in [6, 6.07) is -0.207. The lowest BCUT2D eigenvalue weighted by Crippen LogP contribution is -2.34. The van der Waals surface area contributed by atoms with E-state index in [0.29, 0.717) is 12.8 Å². The van der Waals surface area contributed by atoms with E-state index < -0.39 is 5.97 Å². The highest BCUT2D eigenvalue weighted by molar-refractivity contribution is 5.80. The van der Waals surface area contributed by atoms with Gasteiger partial charge in [-0.15, -0.1) is 6.42 Å². The number of carbonyl (C=O) groups is 2. The van der Waals surface area contributed by atoms with Gasteiger partial charge in [0.1, 0.15) is 0 Å². The van der Waals surface area contributed by atoms with Crippen molar-refractivity contribution in [1.29, 1.82) is 0 Å². The number of carbonyl (C=O) groups excluding carboxylic acids is 1. The van der Waals surface area contributed by atoms with Crippen LogP contribution in [0.2, 0.25) is 0 Å². The van der Waals surface area contributed by atoms with E-state index in [9.17, 15) is 9.59 Å². The van der Waals surface area contributed by atoms with Gasteiger partial charge in [0.25, 0.3) is 0 Å². The predicted octanol–water partition coefficient (Wildman–Crippen LogP) is 0.0853. The Morgan fingerprint density at radius 2 is 2.46 bits per heavy atom. The fraction of sp³-hybridized carbons (Fsp3) is 0.556. The molecule has 4 nitrogen and oxygen atoms in total. The summed E-state index contributed by atoms with van der Waals surface area (Å²) in [6.07, 6.45) is 6.09. The monoisotopic (exact) mass is 181 g/mol. The fourth-order valence-corrected chi connectivity index (χ4v) is 1.52. The topological polar surface area (TPSA) is 57.6 Å². The van der Waals surface area contributed by atoms with Crippen molar-refractivity contribution in [1.82, 2.24) is 4.90 Å². The molecule has 70 valence electrons. The Morgan fingerprint density at radius 1 is 1.77 bits per heavy atom. The van der Waals surface area contributed by atoms with E-state index in [-0.39, 0.29) is 24.9 Å². The lowest BCUT2D eigenvalue weighted by Gasteiger charge is -2.20. The Morgan fingerprint density at radius 3 is 3.00 bits per heavy atom. The molecule has 0 saturated carbocycles. The van der Waals surface area contributed by atoms with Gasteiger partial charge in [0.05, 0.1) is 13.0 Å². The second kappa shape index (κ2) is 3.94. The molecule has 0 aromatic heterocycles. The summed E-state index contributed by atoms with van der Waals surface area (Å²) in [5, 5.41) is 8.56. The Hall–Kier alpha value is -1.50. The molecule has 0 bridgehead atoms. The van der Waals surface area contributed by atoms with Crippen molar-refractivity contribution in [3.8, 4) is 12.3 Å². The third-order valence-corrected chi connectivity index (χ3v) is 2.12. The van der Waals surface area contributed by atoms with Gasteiger partial charge < -0.3 is 10.0 Å². The van der Waals surface area contributed by atoms with Crippen molar-refractivity contribution in [2.45, 2.75) is 25.3 Å². The van der Waals surface area contributed by atoms with Crippen LogP contribution in [0, 0.1) is 12.3 Å². The van der Waals surface area contributed by atoms with Gasteiger partial charge in [0.2, 0.25) is 5.91 Å². The third-order valence-electron chi connectivity index (χ3n) is 2.12. The highest BCUT2D eigenvalue weighted by Crippen LogP contribution is 2.20. The smallest absolute Gasteiger partial charge is 0.305 e. The van der Waals surface area contributed by atoms with E-state index in [1.165, 1.54) is 4.90 Å². The van der Waals surface area contributed by atoms with Crippen molar-refractivity contribution in [3.63, 3.8) is 0 Å². The van der Waals surface area contributed by atoms with Gasteiger partial charge in [-0.3, -0.25) is 9.59 Å². The van der Waals surface area contributed by atoms with Crippen LogP contribution >= 0.6 is 0 Å². The highest BCUT2D eigenvalue weighted by Gasteiger charge is 2.31. The molecule has 13 heavy (non-hydrogen) atoms. The molecule has 1 rings (SSSR count). The molecular weight excluding hydrogens is 170 g/mol. The zero-order valence-electron chi connectivity index (χ0n) is 7.19. The second-order valence-electron chi connectivity index (χ2n) is 3.02. The summed E-state index contributed by atoms with van der Waals surface area (Å²) in [4.78, 5) is 23.1. The van der Waals surface area contributed by atoms with Crippen molar-refractivity contribution < 1.29 is 14.7 Å². The molecule has 1 aliphatic rings. The number of terminal acetylenes is 1. The zero-order valence-corrected chi connectivity index (χ0v) is 7.19. The summed E-state index contributed by atoms with van der Waals surface area (Å²) < 4.78 is 0. The van der Waals surface area contributed by atoms with Crippen LogP contribution in [-0.2, 0) is 9.59 Å². The molecule has 0 aromatic carbocycles. The van der Waals surface area contributed by atoms with E-state index in [1.54, 1.807) is 0 Å². The van der Waals surface area contributed by atoms with E-state index >= 15 is 0 Å². The van der Waals surface area contributed by atoms with Gasteiger partial charge in [-0.05, 0) is 6.42 Å². The Kier molecular flexibility index (Phi) is 2.91. The molecule has 1 unspecified atom stereocenters. The van der Waals surface area contributed by atoms with Gasteiger partial charge in [-0.1, -0.05) is 5.92 Å². The van der Waals surface area contributed by atoms with Gasteiger partial charge in [-0.25, -0.2) is 0 Å². The summed E-state index contributed by atoms with van der Waals surface area (Å²) in [5.74, 6) is 1.43. The highest BCUT2D eigenvalue weighted by atomic mass is 16.4. The first kappa shape index (κ1) is 9.59. The maximum absolute atomic E-state index is 11.2. The zero-order chi connectivity index (χ0) is 9.84. The standard InChI is InChI=1S/C9H11NO3/c1-2-5-10-7(6-9(12)13)3-4-8(10)11/h1,7H,3-6H2,(H,12,13). The van der Waals surface area contributed by atoms with Crippen LogP contribution in [0.25, 0.3) is 0 Å². The minimum atomic E-state index is -0.887. The Labute approximate surface area is 76.5 Å². The second-order valence-corrected chi connectivity index (χ2v) is 3.02. The predicted molar refractivity (Wildman–Crippen MR) is 45.8 cm³/mol. The molecule has 0 radical (unpaired) electrons. The number of aliphatic carboxylic acids is 1. The third kappa shape index (κ3) is 2.22. The molecule has 1 atom stereocenters. The number of amides is 1. The van der Waals surface area contributed by atoms with Crippen LogP contribution in [0.15, 0.2) is 0 Å². The number of hydrogen-bond donors (Lipinski definition) is 1. The fourth-order valence-electron chi connectivity index (χ4n) is 1.52. The van der Waals surface area contributed by atoms with Gasteiger partial charge in [0.15, 0.2) is 0 Å². The van der Waals surface area contributed by atoms with Gasteiger partial charge in [0, 0.05) is 12.5 Å². The Bertz CT molecular complexity index is 267. The van der Waals surface area contributed by atoms with E-state index in [4.69, 9.17) is 11.5 Å². The lowest BCUT2D eigenvalue weighted by atomic mass is 10.1. The summed E-state index contributed by atoms with van der Waals surface area (Å²) in [5.41, 5.74) is 0. The summed E-state index contributed by atoms with van der Waals surface area (Å²) in [6.45, 7) is 0.219. The number of carboxylic acid groups (broad SMARTS) is 1. The number of likely N-dealkylation sites (tertiary alicyclic amines) is 1. The number of rotatable bonds is 3. The molecule has 1 heterocycles. The maximum Gasteiger partial charge on any atom is 0.305 e. The molecule has 0 aromatic rings. The van der Waals surface area contributed by atoms with Crippen molar-refractivity contribution in [3.05, 3.63) is 0 Å². The minimum Gasteiger partial charge on any atom is -0.481 e. The van der Waals surface area contributed by atoms with Crippen molar-refractivity contribution in [2.24, 2.45) is 0 Å². The quantitative estimate of drug-likeness (QED) is 0.627. The minimum absolute atomic E-state index is 0.00653. The van der Waals surface area contributed by atoms with Crippen molar-refractivity contribution >= 4 is 11.9 Å². The molecular formula is C9H11NO3. The first-order chi connectivity index (χ1) is 6.15. The average Bonchev–Trinajstić information content (AvgIpc) is 2.35.